The number of ether oxygens (including phenoxy) is 1. The second kappa shape index (κ2) is 7.59. The van der Waals surface area contributed by atoms with Gasteiger partial charge in [0.25, 0.3) is 5.91 Å². The molecule has 1 saturated heterocycles. The van der Waals surface area contributed by atoms with Gasteiger partial charge in [-0.2, -0.15) is 0 Å². The number of aromatic hydroxyl groups is 1. The quantitative estimate of drug-likeness (QED) is 0.486. The number of nitrogens with two attached hydrogens (primary N) is 1. The molecule has 0 radical (unpaired) electrons. The molecule has 2 aliphatic heterocycles. The van der Waals surface area contributed by atoms with Crippen molar-refractivity contribution in [2.24, 2.45) is 5.73 Å². The third kappa shape index (κ3) is 3.51. The van der Waals surface area contributed by atoms with E-state index in [1.165, 1.54) is 48.0 Å². The molecule has 3 atom stereocenters. The summed E-state index contributed by atoms with van der Waals surface area (Å²) in [6.07, 6.45) is 0. The number of nitrogens with one attached hydrogen (secondary N) is 1. The highest BCUT2D eigenvalue weighted by Gasteiger charge is 2.54. The number of phenolic OH excluding ortho intramolecular Hbond substituents is 1. The molecule has 1 fully saturated rings. The first-order chi connectivity index (χ1) is 12.8. The Labute approximate surface area is 159 Å². The van der Waals surface area contributed by atoms with Crippen molar-refractivity contribution in [1.29, 1.82) is 0 Å². The van der Waals surface area contributed by atoms with E-state index in [0.717, 1.165) is 0 Å². The second-order valence-electron chi connectivity index (χ2n) is 6.16. The molecule has 2 unspecified atom stereocenters. The number of hydrogen-bond acceptors (Lipinski definition) is 7. The number of amides is 2. The zero-order chi connectivity index (χ0) is 19.7. The molecule has 0 aliphatic carbocycles. The Bertz CT molecular complexity index is 809. The highest BCUT2D eigenvalue weighted by Crippen LogP contribution is 2.40. The zero-order valence-corrected chi connectivity index (χ0v) is 15.2. The molecule has 9 nitrogen and oxygen atoms in total. The number of hydrogen-bond donors (Lipinski definition) is 4. The van der Waals surface area contributed by atoms with Gasteiger partial charge in [-0.25, -0.2) is 4.79 Å². The summed E-state index contributed by atoms with van der Waals surface area (Å²) >= 11 is 1.36. The van der Waals surface area contributed by atoms with E-state index in [1.54, 1.807) is 0 Å². The van der Waals surface area contributed by atoms with Crippen LogP contribution < -0.4 is 11.1 Å². The summed E-state index contributed by atoms with van der Waals surface area (Å²) in [7, 11) is 1.45. The van der Waals surface area contributed by atoms with Crippen LogP contribution in [0.2, 0.25) is 0 Å². The van der Waals surface area contributed by atoms with Crippen LogP contribution in [-0.2, 0) is 19.1 Å². The number of benzene rings is 1. The van der Waals surface area contributed by atoms with Crippen LogP contribution in [0, 0.1) is 0 Å². The van der Waals surface area contributed by atoms with Crippen LogP contribution >= 0.6 is 11.8 Å². The summed E-state index contributed by atoms with van der Waals surface area (Å²) in [4.78, 5) is 37.7. The Hall–Kier alpha value is -2.56. The van der Waals surface area contributed by atoms with E-state index in [2.05, 4.69) is 5.32 Å². The summed E-state index contributed by atoms with van der Waals surface area (Å²) < 4.78 is 5.01. The van der Waals surface area contributed by atoms with E-state index in [4.69, 9.17) is 10.5 Å². The molecule has 1 aromatic carbocycles. The standard InChI is InChI=1S/C17H19N3O6S/c1-26-6-9-7-27-16-12(15(23)20(16)13(9)17(24)25)19-14(22)11(18)8-2-4-10(21)5-3-8/h2-5,11-12,16,21H,6-7,18H2,1H3,(H,19,22)(H,24,25)/t11?,12?,16-/m0/s1. The summed E-state index contributed by atoms with van der Waals surface area (Å²) in [5.74, 6) is -1.81. The van der Waals surface area contributed by atoms with Crippen LogP contribution in [-0.4, -0.2) is 63.8 Å². The van der Waals surface area contributed by atoms with Gasteiger partial charge in [-0.3, -0.25) is 14.5 Å². The van der Waals surface area contributed by atoms with Crippen molar-refractivity contribution in [3.05, 3.63) is 41.1 Å². The van der Waals surface area contributed by atoms with Crippen LogP contribution in [0.5, 0.6) is 5.75 Å². The average Bonchev–Trinajstić information content (AvgIpc) is 2.65. The monoisotopic (exact) mass is 393 g/mol. The lowest BCUT2D eigenvalue weighted by atomic mass is 10.0. The van der Waals surface area contributed by atoms with Crippen molar-refractivity contribution >= 4 is 29.5 Å². The van der Waals surface area contributed by atoms with Gasteiger partial charge in [0.05, 0.1) is 6.61 Å². The highest BCUT2D eigenvalue weighted by molar-refractivity contribution is 8.00. The topological polar surface area (TPSA) is 142 Å². The molecule has 2 aliphatic rings. The minimum Gasteiger partial charge on any atom is -0.508 e. The molecule has 1 aromatic rings. The number of carbonyl (C=O) groups is 3. The Balaban J connectivity index is 1.72. The van der Waals surface area contributed by atoms with Crippen LogP contribution in [0.15, 0.2) is 35.5 Å². The van der Waals surface area contributed by atoms with Crippen LogP contribution in [0.1, 0.15) is 11.6 Å². The fraction of sp³-hybridized carbons (Fsp3) is 0.353. The van der Waals surface area contributed by atoms with Gasteiger partial charge in [0.1, 0.15) is 28.9 Å². The Kier molecular flexibility index (Phi) is 5.40. The molecular formula is C17H19N3O6S. The third-order valence-electron chi connectivity index (χ3n) is 4.40. The van der Waals surface area contributed by atoms with E-state index in [0.29, 0.717) is 16.9 Å². The van der Waals surface area contributed by atoms with Gasteiger partial charge in [0, 0.05) is 12.9 Å². The lowest BCUT2D eigenvalue weighted by Gasteiger charge is -2.49. The molecule has 2 amide bonds. The van der Waals surface area contributed by atoms with Crippen molar-refractivity contribution in [2.75, 3.05) is 19.5 Å². The van der Waals surface area contributed by atoms with Crippen molar-refractivity contribution in [2.45, 2.75) is 17.5 Å². The maximum atomic E-state index is 12.5. The van der Waals surface area contributed by atoms with Crippen LogP contribution in [0.25, 0.3) is 0 Å². The summed E-state index contributed by atoms with van der Waals surface area (Å²) in [5, 5.41) is 20.9. The van der Waals surface area contributed by atoms with Gasteiger partial charge < -0.3 is 26.0 Å². The molecule has 5 N–H and O–H groups in total. The van der Waals surface area contributed by atoms with Gasteiger partial charge in [0.2, 0.25) is 5.91 Å². The van der Waals surface area contributed by atoms with E-state index >= 15 is 0 Å². The number of carbonyl (C=O) groups excluding carboxylic acids is 2. The minimum absolute atomic E-state index is 0.0506. The predicted octanol–water partition coefficient (Wildman–Crippen LogP) is -0.223. The number of carboxylic acids is 1. The lowest BCUT2D eigenvalue weighted by Crippen LogP contribution is -2.71. The predicted molar refractivity (Wildman–Crippen MR) is 96.6 cm³/mol. The molecule has 0 saturated carbocycles. The first kappa shape index (κ1) is 19.2. The summed E-state index contributed by atoms with van der Waals surface area (Å²) in [5.41, 5.74) is 6.84. The van der Waals surface area contributed by atoms with Gasteiger partial charge in [0.15, 0.2) is 0 Å². The van der Waals surface area contributed by atoms with Crippen LogP contribution in [0.3, 0.4) is 0 Å². The van der Waals surface area contributed by atoms with Gasteiger partial charge in [-0.05, 0) is 23.3 Å². The number of thioether (sulfide) groups is 1. The van der Waals surface area contributed by atoms with Crippen molar-refractivity contribution in [3.8, 4) is 5.75 Å². The Morgan fingerprint density at radius 3 is 2.67 bits per heavy atom. The molecule has 10 heteroatoms. The fourth-order valence-electron chi connectivity index (χ4n) is 3.04. The molecule has 0 spiro atoms. The first-order valence-corrected chi connectivity index (χ1v) is 9.13. The number of nitrogens with zero attached hydrogens (tertiary/aromatic N) is 1. The van der Waals surface area contributed by atoms with Crippen LogP contribution in [0.4, 0.5) is 0 Å². The average molecular weight is 393 g/mol. The molecule has 3 rings (SSSR count). The lowest BCUT2D eigenvalue weighted by molar-refractivity contribution is -0.151. The minimum atomic E-state index is -1.20. The number of fused-ring (bicyclic) bond motifs is 1. The zero-order valence-electron chi connectivity index (χ0n) is 14.4. The Morgan fingerprint density at radius 2 is 2.07 bits per heavy atom. The number of rotatable bonds is 6. The molecule has 27 heavy (non-hydrogen) atoms. The van der Waals surface area contributed by atoms with Gasteiger partial charge >= 0.3 is 5.97 Å². The van der Waals surface area contributed by atoms with E-state index in [1.807, 2.05) is 0 Å². The fourth-order valence-corrected chi connectivity index (χ4v) is 4.37. The largest absolute Gasteiger partial charge is 0.508 e. The normalized spacial score (nSPS) is 22.7. The van der Waals surface area contributed by atoms with E-state index in [9.17, 15) is 24.6 Å². The maximum Gasteiger partial charge on any atom is 0.352 e. The highest BCUT2D eigenvalue weighted by atomic mass is 32.2. The smallest absolute Gasteiger partial charge is 0.352 e. The SMILES string of the molecule is COCC1=C(C(=O)O)N2C(=O)C(NC(=O)C(N)c3ccc(O)cc3)[C@@H]2SC1. The number of aliphatic carboxylic acids is 1. The number of β-lactam (4-membered cyclic amide) rings is 1. The third-order valence-corrected chi connectivity index (χ3v) is 5.74. The van der Waals surface area contributed by atoms with Gasteiger partial charge in [-0.1, -0.05) is 12.1 Å². The van der Waals surface area contributed by atoms with E-state index < -0.39 is 35.2 Å². The molecule has 144 valence electrons. The second-order valence-corrected chi connectivity index (χ2v) is 7.26. The number of phenols is 1. The van der Waals surface area contributed by atoms with Crippen molar-refractivity contribution < 1.29 is 29.3 Å². The summed E-state index contributed by atoms with van der Waals surface area (Å²) in [6, 6.07) is 4.01. The maximum absolute atomic E-state index is 12.5. The molecule has 0 aromatic heterocycles. The number of carboxylic acid groups (broad SMARTS) is 1. The van der Waals surface area contributed by atoms with Crippen molar-refractivity contribution in [1.82, 2.24) is 10.2 Å². The Morgan fingerprint density at radius 1 is 1.41 bits per heavy atom. The molecule has 0 bridgehead atoms. The first-order valence-electron chi connectivity index (χ1n) is 8.09. The van der Waals surface area contributed by atoms with E-state index in [-0.39, 0.29) is 18.1 Å². The summed E-state index contributed by atoms with van der Waals surface area (Å²) in [6.45, 7) is 0.119. The van der Waals surface area contributed by atoms with Crippen molar-refractivity contribution in [3.63, 3.8) is 0 Å². The molecule has 2 heterocycles. The number of methoxy groups -OCH3 is 1. The molecular weight excluding hydrogens is 374 g/mol. The van der Waals surface area contributed by atoms with Gasteiger partial charge in [-0.15, -0.1) is 11.8 Å².